The summed E-state index contributed by atoms with van der Waals surface area (Å²) in [5, 5.41) is 0. The number of halogens is 1. The third-order valence-electron chi connectivity index (χ3n) is 3.30. The highest BCUT2D eigenvalue weighted by molar-refractivity contribution is 7.85. The van der Waals surface area contributed by atoms with Gasteiger partial charge in [0.2, 0.25) is 0 Å². The molecule has 2 rings (SSSR count). The molecule has 1 aliphatic carbocycles. The summed E-state index contributed by atoms with van der Waals surface area (Å²) in [6.07, 6.45) is 2.79. The molecule has 0 saturated carbocycles. The zero-order valence-electron chi connectivity index (χ0n) is 9.39. The van der Waals surface area contributed by atoms with Crippen LogP contribution in [0.15, 0.2) is 18.2 Å². The van der Waals surface area contributed by atoms with Crippen molar-refractivity contribution in [3.8, 4) is 0 Å². The highest BCUT2D eigenvalue weighted by Gasteiger charge is 2.23. The van der Waals surface area contributed by atoms with Crippen molar-refractivity contribution >= 4 is 10.1 Å². The van der Waals surface area contributed by atoms with Crippen LogP contribution in [-0.4, -0.2) is 18.7 Å². The zero-order valence-corrected chi connectivity index (χ0v) is 10.2. The van der Waals surface area contributed by atoms with Gasteiger partial charge >= 0.3 is 0 Å². The number of benzene rings is 1. The van der Waals surface area contributed by atoms with E-state index in [1.807, 2.05) is 6.07 Å². The van der Waals surface area contributed by atoms with E-state index < -0.39 is 10.1 Å². The molecule has 94 valence electrons. The molecule has 0 spiro atoms. The van der Waals surface area contributed by atoms with Crippen molar-refractivity contribution in [3.63, 3.8) is 0 Å². The van der Waals surface area contributed by atoms with E-state index in [-0.39, 0.29) is 17.5 Å². The van der Waals surface area contributed by atoms with Crippen LogP contribution in [0, 0.1) is 5.82 Å². The largest absolute Gasteiger partial charge is 0.286 e. The predicted octanol–water partition coefficient (Wildman–Crippen LogP) is 2.52. The van der Waals surface area contributed by atoms with Crippen LogP contribution in [0.2, 0.25) is 0 Å². The lowest BCUT2D eigenvalue weighted by atomic mass is 9.81. The Labute approximate surface area is 100 Å². The maximum atomic E-state index is 13.6. The Morgan fingerprint density at radius 1 is 1.41 bits per heavy atom. The van der Waals surface area contributed by atoms with Gasteiger partial charge in [-0.15, -0.1) is 0 Å². The molecule has 1 aliphatic rings. The quantitative estimate of drug-likeness (QED) is 0.848. The van der Waals surface area contributed by atoms with Crippen LogP contribution >= 0.6 is 0 Å². The fourth-order valence-electron chi connectivity index (χ4n) is 2.49. The Balaban J connectivity index is 2.20. The molecule has 17 heavy (non-hydrogen) atoms. The number of rotatable bonds is 3. The monoisotopic (exact) mass is 258 g/mol. The minimum Gasteiger partial charge on any atom is -0.286 e. The molecule has 0 radical (unpaired) electrons. The fraction of sp³-hybridized carbons (Fsp3) is 0.500. The summed E-state index contributed by atoms with van der Waals surface area (Å²) < 4.78 is 43.8. The molecule has 1 N–H and O–H groups in total. The summed E-state index contributed by atoms with van der Waals surface area (Å²) in [6.45, 7) is 0. The minimum absolute atomic E-state index is 0.0383. The average Bonchev–Trinajstić information content (AvgIpc) is 2.26. The highest BCUT2D eigenvalue weighted by Crippen LogP contribution is 2.35. The lowest BCUT2D eigenvalue weighted by molar-refractivity contribution is 0.467. The van der Waals surface area contributed by atoms with Crippen molar-refractivity contribution in [3.05, 3.63) is 35.1 Å². The van der Waals surface area contributed by atoms with Gasteiger partial charge in [0, 0.05) is 0 Å². The Hall–Kier alpha value is -0.940. The van der Waals surface area contributed by atoms with Gasteiger partial charge in [-0.3, -0.25) is 4.55 Å². The van der Waals surface area contributed by atoms with E-state index in [2.05, 4.69) is 0 Å². The molecule has 3 nitrogen and oxygen atoms in total. The molecular weight excluding hydrogens is 243 g/mol. The summed E-state index contributed by atoms with van der Waals surface area (Å²) in [7, 11) is -3.93. The second-order valence-electron chi connectivity index (χ2n) is 4.47. The number of fused-ring (bicyclic) bond motifs is 1. The van der Waals surface area contributed by atoms with E-state index in [0.717, 1.165) is 18.4 Å². The molecule has 0 heterocycles. The lowest BCUT2D eigenvalue weighted by Crippen LogP contribution is -2.15. The maximum absolute atomic E-state index is 13.6. The molecule has 1 atom stereocenters. The predicted molar refractivity (Wildman–Crippen MR) is 63.1 cm³/mol. The molecule has 0 saturated heterocycles. The van der Waals surface area contributed by atoms with Crippen molar-refractivity contribution in [2.45, 2.75) is 31.6 Å². The molecular formula is C12H15FO3S. The first-order valence-electron chi connectivity index (χ1n) is 5.70. The fourth-order valence-corrected chi connectivity index (χ4v) is 3.08. The molecule has 1 aromatic carbocycles. The van der Waals surface area contributed by atoms with Gasteiger partial charge in [-0.05, 0) is 48.8 Å². The Morgan fingerprint density at radius 2 is 2.18 bits per heavy atom. The van der Waals surface area contributed by atoms with Gasteiger partial charge in [0.05, 0.1) is 5.75 Å². The van der Waals surface area contributed by atoms with Crippen LogP contribution in [0.3, 0.4) is 0 Å². The third-order valence-corrected chi connectivity index (χ3v) is 4.05. The van der Waals surface area contributed by atoms with Crippen LogP contribution in [-0.2, 0) is 16.5 Å². The van der Waals surface area contributed by atoms with Gasteiger partial charge in [0.1, 0.15) is 5.82 Å². The van der Waals surface area contributed by atoms with E-state index in [1.54, 1.807) is 6.07 Å². The molecule has 1 unspecified atom stereocenters. The molecule has 0 aliphatic heterocycles. The van der Waals surface area contributed by atoms with E-state index >= 15 is 0 Å². The molecule has 0 bridgehead atoms. The first-order valence-corrected chi connectivity index (χ1v) is 7.31. The maximum Gasteiger partial charge on any atom is 0.264 e. The van der Waals surface area contributed by atoms with Crippen molar-refractivity contribution in [1.82, 2.24) is 0 Å². The molecule has 0 amide bonds. The zero-order chi connectivity index (χ0) is 12.5. The van der Waals surface area contributed by atoms with E-state index in [9.17, 15) is 12.8 Å². The summed E-state index contributed by atoms with van der Waals surface area (Å²) in [6, 6.07) is 4.94. The second-order valence-corrected chi connectivity index (χ2v) is 6.04. The minimum atomic E-state index is -3.93. The van der Waals surface area contributed by atoms with Crippen LogP contribution < -0.4 is 0 Å². The number of hydrogen-bond donors (Lipinski definition) is 1. The van der Waals surface area contributed by atoms with Crippen molar-refractivity contribution in [2.75, 3.05) is 5.75 Å². The standard InChI is InChI=1S/C12H15FO3S/c13-12-6-2-4-10-9(3-1-5-11(10)12)7-8-17(14,15)16/h2,4,6,9H,1,3,5,7-8H2,(H,14,15,16). The summed E-state index contributed by atoms with van der Waals surface area (Å²) >= 11 is 0. The first kappa shape index (κ1) is 12.5. The Morgan fingerprint density at radius 3 is 2.88 bits per heavy atom. The summed E-state index contributed by atoms with van der Waals surface area (Å²) in [5.74, 6) is -0.427. The van der Waals surface area contributed by atoms with Crippen molar-refractivity contribution < 1.29 is 17.4 Å². The molecule has 5 heteroatoms. The van der Waals surface area contributed by atoms with Gasteiger partial charge in [-0.25, -0.2) is 4.39 Å². The van der Waals surface area contributed by atoms with Gasteiger partial charge in [-0.2, -0.15) is 8.42 Å². The van der Waals surface area contributed by atoms with Crippen molar-refractivity contribution in [1.29, 1.82) is 0 Å². The van der Waals surface area contributed by atoms with Gasteiger partial charge in [0.25, 0.3) is 10.1 Å². The third kappa shape index (κ3) is 3.04. The van der Waals surface area contributed by atoms with Gasteiger partial charge in [0.15, 0.2) is 0 Å². The lowest BCUT2D eigenvalue weighted by Gasteiger charge is -2.25. The average molecular weight is 258 g/mol. The molecule has 0 aromatic heterocycles. The first-order chi connectivity index (χ1) is 7.97. The normalized spacial score (nSPS) is 20.0. The van der Waals surface area contributed by atoms with Crippen LogP contribution in [0.25, 0.3) is 0 Å². The highest BCUT2D eigenvalue weighted by atomic mass is 32.2. The van der Waals surface area contributed by atoms with Gasteiger partial charge < -0.3 is 0 Å². The van der Waals surface area contributed by atoms with Crippen LogP contribution in [0.5, 0.6) is 0 Å². The Bertz CT molecular complexity index is 510. The SMILES string of the molecule is O=S(=O)(O)CCC1CCCc2c(F)cccc21. The topological polar surface area (TPSA) is 54.4 Å². The van der Waals surface area contributed by atoms with E-state index in [4.69, 9.17) is 4.55 Å². The molecule has 1 aromatic rings. The van der Waals surface area contributed by atoms with E-state index in [1.165, 1.54) is 6.07 Å². The van der Waals surface area contributed by atoms with Crippen LogP contribution in [0.1, 0.15) is 36.3 Å². The summed E-state index contributed by atoms with van der Waals surface area (Å²) in [4.78, 5) is 0. The van der Waals surface area contributed by atoms with Gasteiger partial charge in [-0.1, -0.05) is 12.1 Å². The van der Waals surface area contributed by atoms with E-state index in [0.29, 0.717) is 18.4 Å². The number of hydrogen-bond acceptors (Lipinski definition) is 2. The smallest absolute Gasteiger partial charge is 0.264 e. The van der Waals surface area contributed by atoms with Crippen LogP contribution in [0.4, 0.5) is 4.39 Å². The summed E-state index contributed by atoms with van der Waals surface area (Å²) in [5.41, 5.74) is 1.61. The molecule has 0 fully saturated rings. The Kier molecular flexibility index (Phi) is 3.49. The second kappa shape index (κ2) is 4.74. The van der Waals surface area contributed by atoms with Crippen molar-refractivity contribution in [2.24, 2.45) is 0 Å².